The van der Waals surface area contributed by atoms with E-state index >= 15 is 0 Å². The monoisotopic (exact) mass is 340 g/mol. The molecule has 5 heteroatoms. The predicted molar refractivity (Wildman–Crippen MR) is 99.3 cm³/mol. The molecule has 3 aromatic rings. The topological polar surface area (TPSA) is 65.2 Å². The smallest absolute Gasteiger partial charge is 0.205 e. The molecular formula is C19H20N2O2S. The van der Waals surface area contributed by atoms with Crippen molar-refractivity contribution in [2.45, 2.75) is 27.7 Å². The summed E-state index contributed by atoms with van der Waals surface area (Å²) in [7, 11) is 0. The Bertz CT molecular complexity index is 927. The van der Waals surface area contributed by atoms with E-state index in [0.717, 1.165) is 32.8 Å². The van der Waals surface area contributed by atoms with Crippen molar-refractivity contribution < 1.29 is 9.53 Å². The van der Waals surface area contributed by atoms with Gasteiger partial charge < -0.3 is 10.5 Å². The van der Waals surface area contributed by atoms with E-state index in [1.807, 2.05) is 27.7 Å². The summed E-state index contributed by atoms with van der Waals surface area (Å²) >= 11 is 1.36. The minimum atomic E-state index is -0.0757. The first-order valence-electron chi connectivity index (χ1n) is 7.87. The summed E-state index contributed by atoms with van der Waals surface area (Å²) in [6.45, 7) is 8.56. The van der Waals surface area contributed by atoms with E-state index in [-0.39, 0.29) is 5.78 Å². The first-order valence-corrected chi connectivity index (χ1v) is 8.69. The van der Waals surface area contributed by atoms with Gasteiger partial charge in [0.2, 0.25) is 5.78 Å². The Labute approximate surface area is 145 Å². The molecule has 0 saturated carbocycles. The van der Waals surface area contributed by atoms with Gasteiger partial charge in [-0.15, -0.1) is 11.3 Å². The molecule has 124 valence electrons. The average Bonchev–Trinajstić information content (AvgIpc) is 2.89. The number of rotatable bonds is 4. The second kappa shape index (κ2) is 6.24. The fourth-order valence-electron chi connectivity index (χ4n) is 2.74. The van der Waals surface area contributed by atoms with Crippen molar-refractivity contribution in [2.75, 3.05) is 12.3 Å². The highest BCUT2D eigenvalue weighted by molar-refractivity contribution is 7.21. The number of carbonyl (C=O) groups is 1. The van der Waals surface area contributed by atoms with Gasteiger partial charge in [0.05, 0.1) is 12.3 Å². The molecule has 0 saturated heterocycles. The van der Waals surface area contributed by atoms with Crippen LogP contribution >= 0.6 is 11.3 Å². The number of benzene rings is 1. The zero-order valence-corrected chi connectivity index (χ0v) is 15.1. The van der Waals surface area contributed by atoms with Crippen LogP contribution in [0.1, 0.15) is 39.0 Å². The van der Waals surface area contributed by atoms with Crippen LogP contribution in [0.15, 0.2) is 24.3 Å². The number of nitrogen functional groups attached to an aromatic ring is 1. The van der Waals surface area contributed by atoms with Gasteiger partial charge in [-0.3, -0.25) is 4.79 Å². The molecule has 24 heavy (non-hydrogen) atoms. The molecule has 2 N–H and O–H groups in total. The van der Waals surface area contributed by atoms with Crippen LogP contribution in [0, 0.1) is 20.8 Å². The molecule has 0 aliphatic rings. The molecule has 4 nitrogen and oxygen atoms in total. The van der Waals surface area contributed by atoms with Crippen molar-refractivity contribution in [3.63, 3.8) is 0 Å². The number of hydrogen-bond donors (Lipinski definition) is 1. The highest BCUT2D eigenvalue weighted by Gasteiger charge is 2.21. The maximum Gasteiger partial charge on any atom is 0.205 e. The fourth-order valence-corrected chi connectivity index (χ4v) is 3.90. The van der Waals surface area contributed by atoms with Crippen molar-refractivity contribution in [1.82, 2.24) is 4.98 Å². The van der Waals surface area contributed by atoms with Gasteiger partial charge in [-0.1, -0.05) is 0 Å². The van der Waals surface area contributed by atoms with E-state index in [9.17, 15) is 4.79 Å². The summed E-state index contributed by atoms with van der Waals surface area (Å²) in [6.07, 6.45) is 0. The fraction of sp³-hybridized carbons (Fsp3) is 0.263. The normalized spacial score (nSPS) is 11.0. The molecule has 2 aromatic heterocycles. The largest absolute Gasteiger partial charge is 0.494 e. The molecule has 0 aliphatic carbocycles. The molecule has 3 rings (SSSR count). The van der Waals surface area contributed by atoms with Gasteiger partial charge in [0.25, 0.3) is 0 Å². The van der Waals surface area contributed by atoms with Crippen LogP contribution in [-0.4, -0.2) is 17.4 Å². The average molecular weight is 340 g/mol. The number of ketones is 1. The van der Waals surface area contributed by atoms with E-state index in [1.54, 1.807) is 24.3 Å². The summed E-state index contributed by atoms with van der Waals surface area (Å²) in [6, 6.07) is 7.15. The Morgan fingerprint density at radius 1 is 1.17 bits per heavy atom. The first kappa shape index (κ1) is 16.5. The number of anilines is 1. The number of pyridine rings is 1. The molecule has 0 bridgehead atoms. The van der Waals surface area contributed by atoms with E-state index in [1.165, 1.54) is 11.3 Å². The number of ether oxygens (including phenoxy) is 1. The van der Waals surface area contributed by atoms with Crippen LogP contribution in [-0.2, 0) is 0 Å². The standard InChI is InChI=1S/C19H20N2O2S/c1-5-23-14-8-6-13(7-9-14)17(22)18-16(20)15-11(3)10(2)12(4)21-19(15)24-18/h6-9H,5,20H2,1-4H3. The summed E-state index contributed by atoms with van der Waals surface area (Å²) in [5.41, 5.74) is 10.6. The molecule has 2 heterocycles. The minimum absolute atomic E-state index is 0.0757. The highest BCUT2D eigenvalue weighted by atomic mass is 32.1. The number of thiophene rings is 1. The lowest BCUT2D eigenvalue weighted by Crippen LogP contribution is -2.02. The summed E-state index contributed by atoms with van der Waals surface area (Å²) in [5.74, 6) is 0.676. The molecule has 0 unspecified atom stereocenters. The van der Waals surface area contributed by atoms with Crippen molar-refractivity contribution in [3.8, 4) is 5.75 Å². The number of carbonyl (C=O) groups excluding carboxylic acids is 1. The van der Waals surface area contributed by atoms with E-state index in [4.69, 9.17) is 10.5 Å². The van der Waals surface area contributed by atoms with E-state index < -0.39 is 0 Å². The predicted octanol–water partition coefficient (Wildman–Crippen LogP) is 4.43. The second-order valence-corrected chi connectivity index (χ2v) is 6.76. The number of aryl methyl sites for hydroxylation is 2. The van der Waals surface area contributed by atoms with Gasteiger partial charge in [-0.25, -0.2) is 4.98 Å². The number of aromatic nitrogens is 1. The third-order valence-corrected chi connectivity index (χ3v) is 5.41. The van der Waals surface area contributed by atoms with Crippen molar-refractivity contribution >= 4 is 33.0 Å². The second-order valence-electron chi connectivity index (χ2n) is 5.76. The number of nitrogens with two attached hydrogens (primary N) is 1. The van der Waals surface area contributed by atoms with Gasteiger partial charge in [-0.2, -0.15) is 0 Å². The summed E-state index contributed by atoms with van der Waals surface area (Å²) < 4.78 is 5.42. The quantitative estimate of drug-likeness (QED) is 0.713. The van der Waals surface area contributed by atoms with Crippen LogP contribution in [0.4, 0.5) is 5.69 Å². The lowest BCUT2D eigenvalue weighted by molar-refractivity contribution is 0.104. The minimum Gasteiger partial charge on any atom is -0.494 e. The Morgan fingerprint density at radius 2 is 1.83 bits per heavy atom. The number of fused-ring (bicyclic) bond motifs is 1. The lowest BCUT2D eigenvalue weighted by Gasteiger charge is -2.06. The molecule has 0 fully saturated rings. The molecule has 0 aliphatic heterocycles. The van der Waals surface area contributed by atoms with E-state index in [2.05, 4.69) is 4.98 Å². The zero-order chi connectivity index (χ0) is 17.4. The summed E-state index contributed by atoms with van der Waals surface area (Å²) in [4.78, 5) is 18.8. The third-order valence-electron chi connectivity index (χ3n) is 4.31. The number of hydrogen-bond acceptors (Lipinski definition) is 5. The maximum absolute atomic E-state index is 12.8. The Hall–Kier alpha value is -2.40. The zero-order valence-electron chi connectivity index (χ0n) is 14.3. The van der Waals surface area contributed by atoms with Gasteiger partial charge in [-0.05, 0) is 63.1 Å². The Morgan fingerprint density at radius 3 is 2.46 bits per heavy atom. The van der Waals surface area contributed by atoms with Crippen LogP contribution in [0.2, 0.25) is 0 Å². The van der Waals surface area contributed by atoms with Crippen LogP contribution in [0.3, 0.4) is 0 Å². The number of nitrogens with zero attached hydrogens (tertiary/aromatic N) is 1. The first-order chi connectivity index (χ1) is 11.4. The Balaban J connectivity index is 2.07. The van der Waals surface area contributed by atoms with Crippen molar-refractivity contribution in [1.29, 1.82) is 0 Å². The highest BCUT2D eigenvalue weighted by Crippen LogP contribution is 2.37. The molecule has 0 radical (unpaired) electrons. The molecule has 0 spiro atoms. The third kappa shape index (κ3) is 2.65. The molecule has 0 amide bonds. The van der Waals surface area contributed by atoms with Gasteiger partial charge in [0.15, 0.2) is 0 Å². The molecule has 0 atom stereocenters. The maximum atomic E-state index is 12.8. The van der Waals surface area contributed by atoms with Crippen molar-refractivity contribution in [2.24, 2.45) is 0 Å². The summed E-state index contributed by atoms with van der Waals surface area (Å²) in [5, 5.41) is 0.900. The van der Waals surface area contributed by atoms with Crippen LogP contribution in [0.5, 0.6) is 5.75 Å². The van der Waals surface area contributed by atoms with Crippen molar-refractivity contribution in [3.05, 3.63) is 51.5 Å². The lowest BCUT2D eigenvalue weighted by atomic mass is 10.0. The van der Waals surface area contributed by atoms with Gasteiger partial charge in [0, 0.05) is 16.6 Å². The van der Waals surface area contributed by atoms with Gasteiger partial charge in [0.1, 0.15) is 15.5 Å². The Kier molecular flexibility index (Phi) is 4.28. The van der Waals surface area contributed by atoms with E-state index in [0.29, 0.717) is 22.7 Å². The molecular weight excluding hydrogens is 320 g/mol. The van der Waals surface area contributed by atoms with Gasteiger partial charge >= 0.3 is 0 Å². The SMILES string of the molecule is CCOc1ccc(C(=O)c2sc3nc(C)c(C)c(C)c3c2N)cc1. The van der Waals surface area contributed by atoms with Crippen LogP contribution in [0.25, 0.3) is 10.2 Å². The van der Waals surface area contributed by atoms with Crippen LogP contribution < -0.4 is 10.5 Å². The molecule has 1 aromatic carbocycles.